The lowest BCUT2D eigenvalue weighted by Crippen LogP contribution is -2.36. The van der Waals surface area contributed by atoms with Crippen LogP contribution < -0.4 is 5.32 Å². The Morgan fingerprint density at radius 2 is 1.83 bits per heavy atom. The number of nitrogens with one attached hydrogen (secondary N) is 1. The van der Waals surface area contributed by atoms with E-state index in [0.29, 0.717) is 18.8 Å². The molecule has 0 saturated carbocycles. The maximum atomic E-state index is 12.7. The highest BCUT2D eigenvalue weighted by atomic mass is 32.2. The number of carbonyl (C=O) groups is 1. The number of rotatable bonds is 5. The van der Waals surface area contributed by atoms with Crippen molar-refractivity contribution in [2.24, 2.45) is 4.40 Å². The Balaban J connectivity index is 1.44. The zero-order chi connectivity index (χ0) is 21.1. The van der Waals surface area contributed by atoms with Gasteiger partial charge in [-0.1, -0.05) is 30.3 Å². The van der Waals surface area contributed by atoms with E-state index in [1.807, 2.05) is 24.3 Å². The lowest BCUT2D eigenvalue weighted by molar-refractivity contribution is -0.116. The minimum absolute atomic E-state index is 0.0193. The average Bonchev–Trinajstić information content (AvgIpc) is 3.02. The predicted molar refractivity (Wildman–Crippen MR) is 114 cm³/mol. The van der Waals surface area contributed by atoms with E-state index < -0.39 is 10.0 Å². The highest BCUT2D eigenvalue weighted by Gasteiger charge is 2.31. The monoisotopic (exact) mass is 428 g/mol. The zero-order valence-corrected chi connectivity index (χ0v) is 17.6. The number of nitrogens with zero attached hydrogens (tertiary/aromatic N) is 3. The maximum absolute atomic E-state index is 12.7. The molecule has 2 aliphatic heterocycles. The normalized spacial score (nSPS) is 17.8. The molecule has 9 heteroatoms. The minimum atomic E-state index is -3.72. The number of amides is 1. The third kappa shape index (κ3) is 4.38. The fourth-order valence-electron chi connectivity index (χ4n) is 3.62. The second-order valence-corrected chi connectivity index (χ2v) is 8.91. The van der Waals surface area contributed by atoms with Gasteiger partial charge in [-0.2, -0.15) is 8.42 Å². The van der Waals surface area contributed by atoms with Gasteiger partial charge < -0.3 is 15.0 Å². The van der Waals surface area contributed by atoms with Gasteiger partial charge in [-0.05, 0) is 23.8 Å². The van der Waals surface area contributed by atoms with Crippen LogP contribution >= 0.6 is 0 Å². The lowest BCUT2D eigenvalue weighted by Gasteiger charge is -2.27. The molecule has 158 valence electrons. The summed E-state index contributed by atoms with van der Waals surface area (Å²) in [6, 6.07) is 14.3. The zero-order valence-electron chi connectivity index (χ0n) is 16.7. The number of morpholine rings is 1. The molecule has 1 amide bonds. The highest BCUT2D eigenvalue weighted by molar-refractivity contribution is 7.90. The van der Waals surface area contributed by atoms with Crippen molar-refractivity contribution >= 4 is 27.5 Å². The van der Waals surface area contributed by atoms with Crippen molar-refractivity contribution in [2.75, 3.05) is 45.2 Å². The summed E-state index contributed by atoms with van der Waals surface area (Å²) in [5, 5.41) is 2.96. The van der Waals surface area contributed by atoms with Crippen molar-refractivity contribution in [3.05, 3.63) is 59.7 Å². The van der Waals surface area contributed by atoms with Gasteiger partial charge in [-0.3, -0.25) is 9.69 Å². The number of amidine groups is 1. The third-order valence-electron chi connectivity index (χ3n) is 5.14. The molecule has 1 N–H and O–H groups in total. The molecule has 30 heavy (non-hydrogen) atoms. The van der Waals surface area contributed by atoms with Gasteiger partial charge >= 0.3 is 0 Å². The molecule has 0 unspecified atom stereocenters. The highest BCUT2D eigenvalue weighted by Crippen LogP contribution is 2.27. The number of anilines is 1. The molecule has 2 aromatic carbocycles. The molecule has 0 spiro atoms. The first-order valence-electron chi connectivity index (χ1n) is 9.77. The van der Waals surface area contributed by atoms with Crippen molar-refractivity contribution in [3.63, 3.8) is 0 Å². The van der Waals surface area contributed by atoms with Gasteiger partial charge in [0.15, 0.2) is 5.84 Å². The number of para-hydroxylation sites is 1. The van der Waals surface area contributed by atoms with Crippen LogP contribution in [0.5, 0.6) is 0 Å². The Morgan fingerprint density at radius 1 is 1.13 bits per heavy atom. The van der Waals surface area contributed by atoms with E-state index in [1.54, 1.807) is 30.1 Å². The fraction of sp³-hybridized carbons (Fsp3) is 0.333. The molecule has 0 aromatic heterocycles. The predicted octanol–water partition coefficient (Wildman–Crippen LogP) is 1.54. The lowest BCUT2D eigenvalue weighted by atomic mass is 10.1. The molecule has 4 rings (SSSR count). The smallest absolute Gasteiger partial charge is 0.285 e. The fourth-order valence-corrected chi connectivity index (χ4v) is 4.88. The Labute approximate surface area is 176 Å². The van der Waals surface area contributed by atoms with Crippen LogP contribution in [0.1, 0.15) is 11.1 Å². The summed E-state index contributed by atoms with van der Waals surface area (Å²) >= 11 is 0. The number of benzene rings is 2. The van der Waals surface area contributed by atoms with Crippen molar-refractivity contribution in [2.45, 2.75) is 11.4 Å². The summed E-state index contributed by atoms with van der Waals surface area (Å²) < 4.78 is 33.8. The van der Waals surface area contributed by atoms with E-state index >= 15 is 0 Å². The van der Waals surface area contributed by atoms with Gasteiger partial charge in [-0.15, -0.1) is 4.40 Å². The van der Waals surface area contributed by atoms with Gasteiger partial charge in [0.1, 0.15) is 4.90 Å². The van der Waals surface area contributed by atoms with E-state index in [-0.39, 0.29) is 23.2 Å². The van der Waals surface area contributed by atoms with Crippen LogP contribution in [0.15, 0.2) is 57.8 Å². The molecule has 0 aliphatic carbocycles. The maximum Gasteiger partial charge on any atom is 0.285 e. The topological polar surface area (TPSA) is 91.3 Å². The third-order valence-corrected chi connectivity index (χ3v) is 6.47. The Kier molecular flexibility index (Phi) is 5.85. The summed E-state index contributed by atoms with van der Waals surface area (Å²) in [6.07, 6.45) is 0. The van der Waals surface area contributed by atoms with E-state index in [4.69, 9.17) is 4.74 Å². The molecule has 0 radical (unpaired) electrons. The first-order valence-corrected chi connectivity index (χ1v) is 11.2. The second kappa shape index (κ2) is 8.55. The number of sulfonamides is 1. The van der Waals surface area contributed by atoms with E-state index in [0.717, 1.165) is 30.9 Å². The Bertz CT molecular complexity index is 1080. The largest absolute Gasteiger partial charge is 0.379 e. The van der Waals surface area contributed by atoms with E-state index in [9.17, 15) is 13.2 Å². The van der Waals surface area contributed by atoms with E-state index in [2.05, 4.69) is 14.6 Å². The summed E-state index contributed by atoms with van der Waals surface area (Å²) in [4.78, 5) is 16.7. The number of ether oxygens (including phenoxy) is 1. The minimum Gasteiger partial charge on any atom is -0.379 e. The summed E-state index contributed by atoms with van der Waals surface area (Å²) in [5.74, 6) is 0.0405. The molecule has 1 fully saturated rings. The molecule has 1 saturated heterocycles. The number of likely N-dealkylation sites (N-methyl/N-ethyl adjacent to an activating group) is 1. The van der Waals surface area contributed by atoms with Crippen molar-refractivity contribution in [3.8, 4) is 0 Å². The molecule has 2 heterocycles. The molecule has 0 atom stereocenters. The Morgan fingerprint density at radius 3 is 2.63 bits per heavy atom. The summed E-state index contributed by atoms with van der Waals surface area (Å²) in [7, 11) is -2.06. The standard InChI is InChI=1S/C21H24N4O4S/c1-24(21-17-7-3-5-9-19(17)30(27,28)23-21)15-20(26)22-18-8-4-2-6-16(18)14-25-10-12-29-13-11-25/h2-9H,10-15H2,1H3,(H,22,26). The van der Waals surface area contributed by atoms with Crippen LogP contribution in [-0.4, -0.2) is 69.9 Å². The molecular formula is C21H24N4O4S. The van der Waals surface area contributed by atoms with Crippen molar-refractivity contribution in [1.29, 1.82) is 0 Å². The first-order chi connectivity index (χ1) is 14.4. The number of hydrogen-bond acceptors (Lipinski definition) is 6. The van der Waals surface area contributed by atoms with Crippen LogP contribution in [0.2, 0.25) is 0 Å². The first kappa shape index (κ1) is 20.5. The summed E-state index contributed by atoms with van der Waals surface area (Å²) in [5.41, 5.74) is 2.30. The average molecular weight is 429 g/mol. The second-order valence-electron chi connectivity index (χ2n) is 7.34. The van der Waals surface area contributed by atoms with Gasteiger partial charge in [0, 0.05) is 37.9 Å². The van der Waals surface area contributed by atoms with Gasteiger partial charge in [-0.25, -0.2) is 0 Å². The molecule has 2 aliphatic rings. The number of fused-ring (bicyclic) bond motifs is 1. The molecule has 2 aromatic rings. The van der Waals surface area contributed by atoms with Gasteiger partial charge in [0.2, 0.25) is 5.91 Å². The van der Waals surface area contributed by atoms with Crippen LogP contribution in [-0.2, 0) is 26.1 Å². The van der Waals surface area contributed by atoms with Gasteiger partial charge in [0.25, 0.3) is 10.0 Å². The number of carbonyl (C=O) groups excluding carboxylic acids is 1. The van der Waals surface area contributed by atoms with Gasteiger partial charge in [0.05, 0.1) is 19.8 Å². The van der Waals surface area contributed by atoms with Crippen molar-refractivity contribution in [1.82, 2.24) is 9.80 Å². The molecule has 0 bridgehead atoms. The van der Waals surface area contributed by atoms with Crippen LogP contribution in [0, 0.1) is 0 Å². The Hall–Kier alpha value is -2.75. The van der Waals surface area contributed by atoms with Crippen LogP contribution in [0.3, 0.4) is 0 Å². The van der Waals surface area contributed by atoms with Crippen LogP contribution in [0.25, 0.3) is 0 Å². The molecule has 8 nitrogen and oxygen atoms in total. The summed E-state index contributed by atoms with van der Waals surface area (Å²) in [6.45, 7) is 3.86. The van der Waals surface area contributed by atoms with E-state index in [1.165, 1.54) is 6.07 Å². The SMILES string of the molecule is CN(CC(=O)Nc1ccccc1CN1CCOCC1)C1=NS(=O)(=O)c2ccccc21. The molecular weight excluding hydrogens is 404 g/mol. The van der Waals surface area contributed by atoms with Crippen LogP contribution in [0.4, 0.5) is 5.69 Å². The number of hydrogen-bond donors (Lipinski definition) is 1. The quantitative estimate of drug-likeness (QED) is 0.777. The van der Waals surface area contributed by atoms with Crippen molar-refractivity contribution < 1.29 is 17.9 Å².